The number of hydrogen-bond acceptors (Lipinski definition) is 9. The van der Waals surface area contributed by atoms with Crippen molar-refractivity contribution in [3.8, 4) is 5.75 Å². The van der Waals surface area contributed by atoms with Gasteiger partial charge in [-0.15, -0.1) is 0 Å². The van der Waals surface area contributed by atoms with Crippen LogP contribution in [0.25, 0.3) is 11.0 Å². The molecule has 4 aromatic rings. The fraction of sp³-hybridized carbons (Fsp3) is 0.310. The van der Waals surface area contributed by atoms with E-state index >= 15 is 0 Å². The van der Waals surface area contributed by atoms with Crippen molar-refractivity contribution < 1.29 is 18.7 Å². The maximum Gasteiger partial charge on any atom is 0.256 e. The molecule has 2 amide bonds. The van der Waals surface area contributed by atoms with Gasteiger partial charge in [0, 0.05) is 24.5 Å². The van der Waals surface area contributed by atoms with Crippen molar-refractivity contribution >= 4 is 64.5 Å². The second kappa shape index (κ2) is 11.9. The number of thiol groups is 1. The first-order chi connectivity index (χ1) is 20.0. The zero-order valence-corrected chi connectivity index (χ0v) is 24.9. The molecule has 42 heavy (non-hydrogen) atoms. The number of benzene rings is 2. The van der Waals surface area contributed by atoms with Gasteiger partial charge in [-0.3, -0.25) is 13.6 Å². The summed E-state index contributed by atoms with van der Waals surface area (Å²) in [6.07, 6.45) is 2.43. The van der Waals surface area contributed by atoms with E-state index in [1.807, 2.05) is 31.1 Å². The van der Waals surface area contributed by atoms with Gasteiger partial charge in [-0.1, -0.05) is 18.9 Å². The van der Waals surface area contributed by atoms with Gasteiger partial charge in [0.05, 0.1) is 36.0 Å². The number of rotatable bonds is 9. The van der Waals surface area contributed by atoms with E-state index in [0.29, 0.717) is 41.4 Å². The summed E-state index contributed by atoms with van der Waals surface area (Å²) in [7, 11) is 5.28. The molecule has 1 aliphatic rings. The van der Waals surface area contributed by atoms with Crippen molar-refractivity contribution in [2.75, 3.05) is 49.8 Å². The SMILES string of the molecule is COc1cc2c(cc1Nc1nc(Nc3cccc(F)c3C(=O)NC(C)C)c3ccn(S)c3n1)N(C(=O)CN(C)C)CC2. The Morgan fingerprint density at radius 2 is 1.93 bits per heavy atom. The Kier molecular flexibility index (Phi) is 8.23. The van der Waals surface area contributed by atoms with Crippen molar-refractivity contribution in [3.05, 3.63) is 59.5 Å². The van der Waals surface area contributed by atoms with E-state index in [2.05, 4.69) is 38.7 Å². The maximum atomic E-state index is 14.9. The number of nitrogens with zero attached hydrogens (tertiary/aromatic N) is 5. The first kappa shape index (κ1) is 29.1. The predicted molar refractivity (Wildman–Crippen MR) is 165 cm³/mol. The average molecular weight is 593 g/mol. The van der Waals surface area contributed by atoms with Crippen LogP contribution in [0.15, 0.2) is 42.6 Å². The lowest BCUT2D eigenvalue weighted by Crippen LogP contribution is -2.36. The van der Waals surface area contributed by atoms with Crippen LogP contribution in [0, 0.1) is 5.82 Å². The molecule has 0 spiro atoms. The van der Waals surface area contributed by atoms with Crippen molar-refractivity contribution in [1.82, 2.24) is 24.2 Å². The number of hydrogen-bond donors (Lipinski definition) is 4. The van der Waals surface area contributed by atoms with Gasteiger partial charge in [0.1, 0.15) is 17.4 Å². The van der Waals surface area contributed by atoms with Gasteiger partial charge in [-0.05, 0) is 70.3 Å². The summed E-state index contributed by atoms with van der Waals surface area (Å²) in [5.74, 6) is -0.109. The molecule has 0 fully saturated rings. The number of fused-ring (bicyclic) bond motifs is 2. The van der Waals surface area contributed by atoms with E-state index in [1.54, 1.807) is 44.2 Å². The molecule has 0 unspecified atom stereocenters. The lowest BCUT2D eigenvalue weighted by molar-refractivity contribution is -0.119. The average Bonchev–Trinajstić information content (AvgIpc) is 3.50. The van der Waals surface area contributed by atoms with Crippen LogP contribution in [0.2, 0.25) is 0 Å². The molecule has 11 nitrogen and oxygen atoms in total. The molecule has 0 atom stereocenters. The zero-order chi connectivity index (χ0) is 30.1. The van der Waals surface area contributed by atoms with Crippen LogP contribution in [0.5, 0.6) is 5.75 Å². The first-order valence-corrected chi connectivity index (χ1v) is 13.8. The van der Waals surface area contributed by atoms with Crippen LogP contribution in [0.4, 0.5) is 33.2 Å². The van der Waals surface area contributed by atoms with Crippen LogP contribution < -0.4 is 25.6 Å². The summed E-state index contributed by atoms with van der Waals surface area (Å²) < 4.78 is 22.1. The van der Waals surface area contributed by atoms with Gasteiger partial charge < -0.3 is 30.5 Å². The van der Waals surface area contributed by atoms with Crippen LogP contribution in [0.3, 0.4) is 0 Å². The standard InChI is InChI=1S/C29H33FN8O3S/c1-16(2)31-28(40)25-19(30)7-6-8-20(25)32-26-18-10-12-38(42)27(18)35-29(34-26)33-21-14-22-17(13-23(21)41-5)9-11-37(22)24(39)15-36(3)4/h6-8,10,12-14,16,42H,9,11,15H2,1-5H3,(H,31,40)(H2,32,33,34,35). The zero-order valence-electron chi connectivity index (χ0n) is 24.0. The third kappa shape index (κ3) is 5.83. The van der Waals surface area contributed by atoms with E-state index < -0.39 is 11.7 Å². The highest BCUT2D eigenvalue weighted by Crippen LogP contribution is 2.39. The topological polar surface area (TPSA) is 117 Å². The Hall–Kier alpha value is -4.36. The minimum Gasteiger partial charge on any atom is -0.495 e. The summed E-state index contributed by atoms with van der Waals surface area (Å²) in [4.78, 5) is 38.7. The Morgan fingerprint density at radius 1 is 1.14 bits per heavy atom. The molecule has 2 aromatic carbocycles. The smallest absolute Gasteiger partial charge is 0.256 e. The number of carbonyl (C=O) groups excluding carboxylic acids is 2. The minimum absolute atomic E-state index is 0.000625. The molecule has 3 N–H and O–H groups in total. The quantitative estimate of drug-likeness (QED) is 0.212. The molecule has 13 heteroatoms. The largest absolute Gasteiger partial charge is 0.495 e. The van der Waals surface area contributed by atoms with Gasteiger partial charge in [0.2, 0.25) is 11.9 Å². The number of anilines is 5. The molecule has 0 aliphatic carbocycles. The number of aromatic nitrogens is 3. The molecule has 5 rings (SSSR count). The number of methoxy groups -OCH3 is 1. The van der Waals surface area contributed by atoms with Crippen LogP contribution >= 0.6 is 12.8 Å². The van der Waals surface area contributed by atoms with Gasteiger partial charge in [-0.25, -0.2) is 4.39 Å². The summed E-state index contributed by atoms with van der Waals surface area (Å²) in [5, 5.41) is 9.71. The Balaban J connectivity index is 1.54. The van der Waals surface area contributed by atoms with Gasteiger partial charge in [0.15, 0.2) is 5.65 Å². The van der Waals surface area contributed by atoms with E-state index in [-0.39, 0.29) is 29.1 Å². The lowest BCUT2D eigenvalue weighted by atomic mass is 10.1. The monoisotopic (exact) mass is 592 g/mol. The first-order valence-electron chi connectivity index (χ1n) is 13.4. The maximum absolute atomic E-state index is 14.9. The summed E-state index contributed by atoms with van der Waals surface area (Å²) >= 11 is 4.48. The number of ether oxygens (including phenoxy) is 1. The molecule has 1 aliphatic heterocycles. The van der Waals surface area contributed by atoms with Gasteiger partial charge in [-0.2, -0.15) is 9.97 Å². The summed E-state index contributed by atoms with van der Waals surface area (Å²) in [6.45, 7) is 4.48. The van der Waals surface area contributed by atoms with E-state index in [0.717, 1.165) is 17.7 Å². The van der Waals surface area contributed by atoms with Crippen molar-refractivity contribution in [2.24, 2.45) is 0 Å². The second-order valence-electron chi connectivity index (χ2n) is 10.5. The highest BCUT2D eigenvalue weighted by Gasteiger charge is 2.27. The normalized spacial score (nSPS) is 12.6. The highest BCUT2D eigenvalue weighted by molar-refractivity contribution is 7.78. The van der Waals surface area contributed by atoms with E-state index in [4.69, 9.17) is 4.74 Å². The van der Waals surface area contributed by atoms with E-state index in [9.17, 15) is 14.0 Å². The molecule has 0 bridgehead atoms. The summed E-state index contributed by atoms with van der Waals surface area (Å²) in [5.41, 5.74) is 2.96. The fourth-order valence-electron chi connectivity index (χ4n) is 4.89. The molecule has 220 valence electrons. The van der Waals surface area contributed by atoms with Gasteiger partial charge in [0.25, 0.3) is 5.91 Å². The number of halogens is 1. The van der Waals surface area contributed by atoms with E-state index in [1.165, 1.54) is 16.1 Å². The van der Waals surface area contributed by atoms with Crippen LogP contribution in [0.1, 0.15) is 29.8 Å². The summed E-state index contributed by atoms with van der Waals surface area (Å²) in [6, 6.07) is 9.72. The minimum atomic E-state index is -0.662. The van der Waals surface area contributed by atoms with Crippen molar-refractivity contribution in [1.29, 1.82) is 0 Å². The van der Waals surface area contributed by atoms with Crippen LogP contribution in [-0.2, 0) is 11.2 Å². The number of likely N-dealkylation sites (N-methyl/N-ethyl adjacent to an activating group) is 1. The third-order valence-corrected chi connectivity index (χ3v) is 7.06. The van der Waals surface area contributed by atoms with Crippen molar-refractivity contribution in [3.63, 3.8) is 0 Å². The molecule has 0 saturated heterocycles. The molecular weight excluding hydrogens is 559 g/mol. The predicted octanol–water partition coefficient (Wildman–Crippen LogP) is 4.35. The Morgan fingerprint density at radius 3 is 2.64 bits per heavy atom. The van der Waals surface area contributed by atoms with Gasteiger partial charge >= 0.3 is 0 Å². The number of carbonyl (C=O) groups is 2. The highest BCUT2D eigenvalue weighted by atomic mass is 32.1. The number of amides is 2. The van der Waals surface area contributed by atoms with Crippen molar-refractivity contribution in [2.45, 2.75) is 26.3 Å². The van der Waals surface area contributed by atoms with Crippen LogP contribution in [-0.4, -0.2) is 71.0 Å². The molecule has 2 aromatic heterocycles. The molecule has 0 radical (unpaired) electrons. The molecular formula is C29H33FN8O3S. The molecule has 0 saturated carbocycles. The lowest BCUT2D eigenvalue weighted by Gasteiger charge is -2.21. The Bertz CT molecular complexity index is 1670. The Labute approximate surface area is 248 Å². The number of nitrogens with one attached hydrogen (secondary N) is 3. The third-order valence-electron chi connectivity index (χ3n) is 6.73. The second-order valence-corrected chi connectivity index (χ2v) is 11.0. The fourth-order valence-corrected chi connectivity index (χ4v) is 5.11. The molecule has 3 heterocycles.